The van der Waals surface area contributed by atoms with Crippen LogP contribution in [0.2, 0.25) is 5.02 Å². The number of hydrogen-bond donors (Lipinski definition) is 1. The molecule has 0 aliphatic rings. The molecule has 3 nitrogen and oxygen atoms in total. The van der Waals surface area contributed by atoms with Crippen molar-refractivity contribution >= 4 is 34.2 Å². The molecular formula is C11H9ClN2O. The van der Waals surface area contributed by atoms with E-state index in [0.29, 0.717) is 16.4 Å². The number of halogens is 1. The van der Waals surface area contributed by atoms with E-state index in [0.717, 1.165) is 5.39 Å². The third-order valence-electron chi connectivity index (χ3n) is 1.98. The third kappa shape index (κ3) is 2.07. The minimum atomic E-state index is -0.145. The maximum Gasteiger partial charge on any atom is 0.222 e. The summed E-state index contributed by atoms with van der Waals surface area (Å²) in [7, 11) is 0. The largest absolute Gasteiger partial charge is 0.311 e. The number of nitrogens with zero attached hydrogens (tertiary/aromatic N) is 1. The lowest BCUT2D eigenvalue weighted by Crippen LogP contribution is -2.07. The zero-order valence-electron chi connectivity index (χ0n) is 8.12. The van der Waals surface area contributed by atoms with E-state index >= 15 is 0 Å². The van der Waals surface area contributed by atoms with Gasteiger partial charge in [0, 0.05) is 12.3 Å². The topological polar surface area (TPSA) is 42.0 Å². The number of aromatic nitrogens is 1. The van der Waals surface area contributed by atoms with E-state index < -0.39 is 0 Å². The fourth-order valence-electron chi connectivity index (χ4n) is 1.36. The van der Waals surface area contributed by atoms with Crippen molar-refractivity contribution in [2.75, 3.05) is 5.32 Å². The molecule has 0 unspecified atom stereocenters. The first kappa shape index (κ1) is 9.93. The van der Waals surface area contributed by atoms with Crippen molar-refractivity contribution in [3.63, 3.8) is 0 Å². The second kappa shape index (κ2) is 3.87. The molecule has 4 heteroatoms. The number of fused-ring (bicyclic) bond motifs is 1. The molecule has 2 rings (SSSR count). The van der Waals surface area contributed by atoms with E-state index in [9.17, 15) is 4.79 Å². The van der Waals surface area contributed by atoms with Gasteiger partial charge < -0.3 is 5.32 Å². The van der Waals surface area contributed by atoms with E-state index in [4.69, 9.17) is 11.6 Å². The average Bonchev–Trinajstić information content (AvgIpc) is 2.18. The van der Waals surface area contributed by atoms with E-state index in [1.165, 1.54) is 6.92 Å². The SMILES string of the molecule is CC(=O)Nc1ccc2cccc(Cl)c2n1. The first-order chi connectivity index (χ1) is 7.16. The van der Waals surface area contributed by atoms with E-state index in [1.54, 1.807) is 12.1 Å². The molecule has 0 saturated heterocycles. The van der Waals surface area contributed by atoms with Crippen LogP contribution in [-0.4, -0.2) is 10.9 Å². The molecule has 0 radical (unpaired) electrons. The van der Waals surface area contributed by atoms with E-state index in [-0.39, 0.29) is 5.91 Å². The van der Waals surface area contributed by atoms with Gasteiger partial charge >= 0.3 is 0 Å². The standard InChI is InChI=1S/C11H9ClN2O/c1-7(15)13-10-6-5-8-3-2-4-9(12)11(8)14-10/h2-6H,1H3,(H,13,14,15). The van der Waals surface area contributed by atoms with Crippen LogP contribution in [0.5, 0.6) is 0 Å². The molecule has 1 N–H and O–H groups in total. The Morgan fingerprint density at radius 1 is 1.33 bits per heavy atom. The van der Waals surface area contributed by atoms with Crippen molar-refractivity contribution in [3.05, 3.63) is 35.4 Å². The molecule has 15 heavy (non-hydrogen) atoms. The smallest absolute Gasteiger partial charge is 0.222 e. The predicted octanol–water partition coefficient (Wildman–Crippen LogP) is 2.85. The minimum absolute atomic E-state index is 0.145. The first-order valence-corrected chi connectivity index (χ1v) is 4.87. The molecule has 0 bridgehead atoms. The summed E-state index contributed by atoms with van der Waals surface area (Å²) >= 11 is 5.99. The fourth-order valence-corrected chi connectivity index (χ4v) is 1.58. The number of hydrogen-bond acceptors (Lipinski definition) is 2. The number of rotatable bonds is 1. The summed E-state index contributed by atoms with van der Waals surface area (Å²) in [5.41, 5.74) is 0.699. The molecule has 0 atom stereocenters. The van der Waals surface area contributed by atoms with Gasteiger partial charge in [-0.05, 0) is 18.2 Å². The second-order valence-corrected chi connectivity index (χ2v) is 3.60. The summed E-state index contributed by atoms with van der Waals surface area (Å²) in [4.78, 5) is 15.1. The molecule has 1 amide bonds. The van der Waals surface area contributed by atoms with Gasteiger partial charge in [0.2, 0.25) is 5.91 Å². The maximum absolute atomic E-state index is 10.9. The molecule has 1 heterocycles. The van der Waals surface area contributed by atoms with Gasteiger partial charge in [-0.3, -0.25) is 4.79 Å². The number of anilines is 1. The van der Waals surface area contributed by atoms with E-state index in [1.807, 2.05) is 18.2 Å². The van der Waals surface area contributed by atoms with Gasteiger partial charge in [-0.25, -0.2) is 4.98 Å². The van der Waals surface area contributed by atoms with Crippen LogP contribution < -0.4 is 5.32 Å². The number of nitrogens with one attached hydrogen (secondary N) is 1. The van der Waals surface area contributed by atoms with Gasteiger partial charge in [0.15, 0.2) is 0 Å². The van der Waals surface area contributed by atoms with Crippen LogP contribution in [0.3, 0.4) is 0 Å². The highest BCUT2D eigenvalue weighted by Crippen LogP contribution is 2.22. The summed E-state index contributed by atoms with van der Waals surface area (Å²) < 4.78 is 0. The Morgan fingerprint density at radius 3 is 2.87 bits per heavy atom. The molecule has 0 aliphatic carbocycles. The highest BCUT2D eigenvalue weighted by molar-refractivity contribution is 6.35. The van der Waals surface area contributed by atoms with E-state index in [2.05, 4.69) is 10.3 Å². The van der Waals surface area contributed by atoms with Crippen LogP contribution in [0.4, 0.5) is 5.82 Å². The van der Waals surface area contributed by atoms with Crippen molar-refractivity contribution in [2.24, 2.45) is 0 Å². The monoisotopic (exact) mass is 220 g/mol. The normalized spacial score (nSPS) is 10.3. The second-order valence-electron chi connectivity index (χ2n) is 3.19. The molecular weight excluding hydrogens is 212 g/mol. The summed E-state index contributed by atoms with van der Waals surface area (Å²) in [6.45, 7) is 1.44. The number of pyridine rings is 1. The number of carbonyl (C=O) groups is 1. The van der Waals surface area contributed by atoms with Gasteiger partial charge in [0.25, 0.3) is 0 Å². The van der Waals surface area contributed by atoms with Crippen LogP contribution in [0.25, 0.3) is 10.9 Å². The van der Waals surface area contributed by atoms with Gasteiger partial charge in [-0.1, -0.05) is 23.7 Å². The molecule has 0 spiro atoms. The lowest BCUT2D eigenvalue weighted by atomic mass is 10.2. The van der Waals surface area contributed by atoms with Gasteiger partial charge in [0.05, 0.1) is 10.5 Å². The molecule has 1 aromatic heterocycles. The van der Waals surface area contributed by atoms with Crippen molar-refractivity contribution < 1.29 is 4.79 Å². The number of para-hydroxylation sites is 1. The molecule has 0 fully saturated rings. The summed E-state index contributed by atoms with van der Waals surface area (Å²) in [6, 6.07) is 9.18. The van der Waals surface area contributed by atoms with Gasteiger partial charge in [0.1, 0.15) is 5.82 Å². The molecule has 2 aromatic rings. The Bertz CT molecular complexity index is 525. The van der Waals surface area contributed by atoms with Crippen molar-refractivity contribution in [3.8, 4) is 0 Å². The number of amides is 1. The zero-order chi connectivity index (χ0) is 10.8. The van der Waals surface area contributed by atoms with Crippen LogP contribution in [-0.2, 0) is 4.79 Å². The molecule has 0 aliphatic heterocycles. The van der Waals surface area contributed by atoms with Crippen LogP contribution in [0.15, 0.2) is 30.3 Å². The average molecular weight is 221 g/mol. The lowest BCUT2D eigenvalue weighted by molar-refractivity contribution is -0.114. The Hall–Kier alpha value is -1.61. The first-order valence-electron chi connectivity index (χ1n) is 4.50. The molecule has 1 aromatic carbocycles. The molecule has 0 saturated carbocycles. The Kier molecular flexibility index (Phi) is 2.56. The minimum Gasteiger partial charge on any atom is -0.311 e. The quantitative estimate of drug-likeness (QED) is 0.803. The van der Waals surface area contributed by atoms with Crippen LogP contribution >= 0.6 is 11.6 Å². The predicted molar refractivity (Wildman–Crippen MR) is 61.1 cm³/mol. The lowest BCUT2D eigenvalue weighted by Gasteiger charge is -2.03. The summed E-state index contributed by atoms with van der Waals surface area (Å²) in [6.07, 6.45) is 0. The van der Waals surface area contributed by atoms with Crippen LogP contribution in [0, 0.1) is 0 Å². The maximum atomic E-state index is 10.9. The Balaban J connectivity index is 2.54. The molecule has 76 valence electrons. The van der Waals surface area contributed by atoms with Gasteiger partial charge in [-0.2, -0.15) is 0 Å². The fraction of sp³-hybridized carbons (Fsp3) is 0.0909. The summed E-state index contributed by atoms with van der Waals surface area (Å²) in [5, 5.41) is 4.15. The number of carbonyl (C=O) groups excluding carboxylic acids is 1. The van der Waals surface area contributed by atoms with Gasteiger partial charge in [-0.15, -0.1) is 0 Å². The Labute approximate surface area is 92.1 Å². The zero-order valence-corrected chi connectivity index (χ0v) is 8.88. The summed E-state index contributed by atoms with van der Waals surface area (Å²) in [5.74, 6) is 0.372. The number of benzene rings is 1. The van der Waals surface area contributed by atoms with Crippen LogP contribution in [0.1, 0.15) is 6.92 Å². The van der Waals surface area contributed by atoms with Crippen molar-refractivity contribution in [2.45, 2.75) is 6.92 Å². The highest BCUT2D eigenvalue weighted by atomic mass is 35.5. The van der Waals surface area contributed by atoms with Crippen molar-refractivity contribution in [1.29, 1.82) is 0 Å². The highest BCUT2D eigenvalue weighted by Gasteiger charge is 2.02. The Morgan fingerprint density at radius 2 is 2.13 bits per heavy atom. The van der Waals surface area contributed by atoms with Crippen molar-refractivity contribution in [1.82, 2.24) is 4.98 Å². The third-order valence-corrected chi connectivity index (χ3v) is 2.28.